The third-order valence-electron chi connectivity index (χ3n) is 2.57. The fourth-order valence-electron chi connectivity index (χ4n) is 1.44. The van der Waals surface area contributed by atoms with Crippen LogP contribution >= 0.6 is 34.5 Å². The minimum absolute atomic E-state index is 0.248. The second-order valence-corrected chi connectivity index (χ2v) is 5.96. The second kappa shape index (κ2) is 5.36. The summed E-state index contributed by atoms with van der Waals surface area (Å²) < 4.78 is 0. The predicted octanol–water partition coefficient (Wildman–Crippen LogP) is 3.90. The van der Waals surface area contributed by atoms with Crippen LogP contribution in [0.2, 0.25) is 10.0 Å². The zero-order valence-corrected chi connectivity index (χ0v) is 12.6. The quantitative estimate of drug-likeness (QED) is 0.826. The van der Waals surface area contributed by atoms with Gasteiger partial charge in [0, 0.05) is 10.4 Å². The molecule has 0 saturated carbocycles. The van der Waals surface area contributed by atoms with Crippen LogP contribution in [0.15, 0.2) is 12.1 Å². The highest BCUT2D eigenvalue weighted by Gasteiger charge is 2.13. The molecule has 1 aromatic carbocycles. The van der Waals surface area contributed by atoms with Gasteiger partial charge >= 0.3 is 0 Å². The van der Waals surface area contributed by atoms with Gasteiger partial charge in [-0.05, 0) is 26.0 Å². The highest BCUT2D eigenvalue weighted by molar-refractivity contribution is 7.15. The number of nitrogens with zero attached hydrogens (tertiary/aromatic N) is 1. The van der Waals surface area contributed by atoms with E-state index in [4.69, 9.17) is 28.9 Å². The summed E-state index contributed by atoms with van der Waals surface area (Å²) in [6, 6.07) is 2.96. The number of hydrogen-bond acceptors (Lipinski definition) is 4. The third kappa shape index (κ3) is 3.00. The number of amides is 1. The molecule has 0 saturated heterocycles. The van der Waals surface area contributed by atoms with Gasteiger partial charge in [-0.25, -0.2) is 4.98 Å². The van der Waals surface area contributed by atoms with E-state index in [9.17, 15) is 4.79 Å². The molecule has 7 heteroatoms. The van der Waals surface area contributed by atoms with Crippen molar-refractivity contribution in [2.75, 3.05) is 11.1 Å². The van der Waals surface area contributed by atoms with Gasteiger partial charge in [0.05, 0.1) is 21.4 Å². The number of thiazole rings is 1. The number of aromatic nitrogens is 1. The molecule has 1 amide bonds. The first kappa shape index (κ1) is 14.1. The van der Waals surface area contributed by atoms with Gasteiger partial charge in [0.25, 0.3) is 5.91 Å². The first-order valence-corrected chi connectivity index (χ1v) is 6.95. The van der Waals surface area contributed by atoms with Gasteiger partial charge in [0.1, 0.15) is 0 Å². The van der Waals surface area contributed by atoms with Gasteiger partial charge < -0.3 is 5.73 Å². The normalized spacial score (nSPS) is 10.5. The van der Waals surface area contributed by atoms with Crippen LogP contribution in [0.3, 0.4) is 0 Å². The van der Waals surface area contributed by atoms with Crippen molar-refractivity contribution in [2.45, 2.75) is 13.8 Å². The Morgan fingerprint density at radius 2 is 2.05 bits per heavy atom. The molecule has 0 aliphatic heterocycles. The van der Waals surface area contributed by atoms with Crippen molar-refractivity contribution in [3.63, 3.8) is 0 Å². The van der Waals surface area contributed by atoms with Gasteiger partial charge in [0.15, 0.2) is 5.13 Å². The molecule has 19 heavy (non-hydrogen) atoms. The van der Waals surface area contributed by atoms with Crippen molar-refractivity contribution in [3.05, 3.63) is 38.3 Å². The average Bonchev–Trinajstić information content (AvgIpc) is 2.64. The highest BCUT2D eigenvalue weighted by atomic mass is 35.5. The molecular formula is C12H11Cl2N3OS. The van der Waals surface area contributed by atoms with Crippen molar-refractivity contribution >= 4 is 51.3 Å². The maximum atomic E-state index is 12.0. The molecule has 1 aromatic heterocycles. The number of hydrogen-bond donors (Lipinski definition) is 2. The number of carbonyl (C=O) groups is 1. The van der Waals surface area contributed by atoms with Crippen LogP contribution in [-0.4, -0.2) is 10.9 Å². The minimum atomic E-state index is -0.320. The molecule has 0 aliphatic carbocycles. The topological polar surface area (TPSA) is 68.0 Å². The van der Waals surface area contributed by atoms with E-state index in [1.807, 2.05) is 13.8 Å². The van der Waals surface area contributed by atoms with Gasteiger partial charge in [0.2, 0.25) is 0 Å². The zero-order valence-electron chi connectivity index (χ0n) is 10.3. The number of aryl methyl sites for hydroxylation is 2. The van der Waals surface area contributed by atoms with Crippen LogP contribution in [0.5, 0.6) is 0 Å². The number of carbonyl (C=O) groups excluding carboxylic acids is 1. The molecule has 1 heterocycles. The summed E-state index contributed by atoms with van der Waals surface area (Å²) in [5, 5.41) is 3.75. The number of nitrogens with one attached hydrogen (secondary N) is 1. The molecule has 0 radical (unpaired) electrons. The molecule has 0 bridgehead atoms. The van der Waals surface area contributed by atoms with Crippen molar-refractivity contribution in [1.82, 2.24) is 4.98 Å². The summed E-state index contributed by atoms with van der Waals surface area (Å²) in [4.78, 5) is 17.3. The van der Waals surface area contributed by atoms with Crippen LogP contribution in [-0.2, 0) is 0 Å². The Morgan fingerprint density at radius 1 is 1.37 bits per heavy atom. The number of benzene rings is 1. The Labute approximate surface area is 124 Å². The van der Waals surface area contributed by atoms with E-state index in [0.29, 0.717) is 10.7 Å². The molecule has 3 N–H and O–H groups in total. The van der Waals surface area contributed by atoms with E-state index in [2.05, 4.69) is 10.3 Å². The van der Waals surface area contributed by atoms with Gasteiger partial charge in [-0.3, -0.25) is 10.1 Å². The third-order valence-corrected chi connectivity index (χ3v) is 4.37. The lowest BCUT2D eigenvalue weighted by Gasteiger charge is -2.06. The summed E-state index contributed by atoms with van der Waals surface area (Å²) in [6.07, 6.45) is 0. The van der Waals surface area contributed by atoms with Crippen LogP contribution < -0.4 is 11.1 Å². The van der Waals surface area contributed by atoms with Crippen molar-refractivity contribution in [1.29, 1.82) is 0 Å². The molecule has 0 unspecified atom stereocenters. The lowest BCUT2D eigenvalue weighted by molar-refractivity contribution is 0.102. The van der Waals surface area contributed by atoms with E-state index >= 15 is 0 Å². The van der Waals surface area contributed by atoms with Crippen LogP contribution in [0.1, 0.15) is 20.9 Å². The fraction of sp³-hybridized carbons (Fsp3) is 0.167. The molecule has 0 fully saturated rings. The van der Waals surface area contributed by atoms with Crippen molar-refractivity contribution in [3.8, 4) is 0 Å². The van der Waals surface area contributed by atoms with Gasteiger partial charge in [-0.15, -0.1) is 11.3 Å². The van der Waals surface area contributed by atoms with Crippen LogP contribution in [0.25, 0.3) is 0 Å². The first-order valence-electron chi connectivity index (χ1n) is 5.38. The summed E-state index contributed by atoms with van der Waals surface area (Å²) in [5.41, 5.74) is 7.18. The van der Waals surface area contributed by atoms with Crippen molar-refractivity contribution in [2.24, 2.45) is 0 Å². The van der Waals surface area contributed by atoms with E-state index in [1.165, 1.54) is 23.5 Å². The Balaban J connectivity index is 2.25. The summed E-state index contributed by atoms with van der Waals surface area (Å²) in [6.45, 7) is 3.83. The Kier molecular flexibility index (Phi) is 3.99. The number of nitrogen functional groups attached to an aromatic ring is 1. The number of nitrogens with two attached hydrogens (primary N) is 1. The minimum Gasteiger partial charge on any atom is -0.397 e. The number of rotatable bonds is 2. The SMILES string of the molecule is Cc1nc(NC(=O)c2cc(N)c(Cl)c(Cl)c2)sc1C. The molecule has 0 spiro atoms. The Hall–Kier alpha value is -1.30. The molecule has 2 rings (SSSR count). The van der Waals surface area contributed by atoms with E-state index in [0.717, 1.165) is 10.6 Å². The van der Waals surface area contributed by atoms with Crippen LogP contribution in [0.4, 0.5) is 10.8 Å². The second-order valence-electron chi connectivity index (χ2n) is 3.98. The highest BCUT2D eigenvalue weighted by Crippen LogP contribution is 2.30. The predicted molar refractivity (Wildman–Crippen MR) is 80.4 cm³/mol. The average molecular weight is 316 g/mol. The first-order chi connectivity index (χ1) is 8.88. The van der Waals surface area contributed by atoms with E-state index in [-0.39, 0.29) is 21.6 Å². The largest absolute Gasteiger partial charge is 0.397 e. The fourth-order valence-corrected chi connectivity index (χ4v) is 2.58. The van der Waals surface area contributed by atoms with E-state index < -0.39 is 0 Å². The maximum absolute atomic E-state index is 12.0. The van der Waals surface area contributed by atoms with Gasteiger partial charge in [-0.1, -0.05) is 23.2 Å². The Bertz CT molecular complexity index is 612. The molecular weight excluding hydrogens is 305 g/mol. The zero-order chi connectivity index (χ0) is 14.2. The summed E-state index contributed by atoms with van der Waals surface area (Å²) in [7, 11) is 0. The monoisotopic (exact) mass is 315 g/mol. The molecule has 2 aromatic rings. The Morgan fingerprint density at radius 3 is 2.58 bits per heavy atom. The summed E-state index contributed by atoms with van der Waals surface area (Å²) >= 11 is 13.1. The smallest absolute Gasteiger partial charge is 0.257 e. The van der Waals surface area contributed by atoms with Crippen LogP contribution in [0, 0.1) is 13.8 Å². The number of anilines is 2. The molecule has 4 nitrogen and oxygen atoms in total. The lowest BCUT2D eigenvalue weighted by Crippen LogP contribution is -2.12. The van der Waals surface area contributed by atoms with Crippen molar-refractivity contribution < 1.29 is 4.79 Å². The standard InChI is InChI=1S/C12H11Cl2N3OS/c1-5-6(2)19-12(16-5)17-11(18)7-3-8(13)10(14)9(15)4-7/h3-4H,15H2,1-2H3,(H,16,17,18). The molecule has 100 valence electrons. The van der Waals surface area contributed by atoms with E-state index in [1.54, 1.807) is 0 Å². The summed E-state index contributed by atoms with van der Waals surface area (Å²) in [5.74, 6) is -0.320. The molecule has 0 atom stereocenters. The molecule has 0 aliphatic rings. The maximum Gasteiger partial charge on any atom is 0.257 e. The number of halogens is 2. The van der Waals surface area contributed by atoms with Gasteiger partial charge in [-0.2, -0.15) is 0 Å². The lowest BCUT2D eigenvalue weighted by atomic mass is 10.2.